The Morgan fingerprint density at radius 1 is 1.33 bits per heavy atom. The molecule has 0 saturated carbocycles. The fraction of sp³-hybridized carbons (Fsp3) is 0.250. The lowest BCUT2D eigenvalue weighted by Gasteiger charge is -2.00. The SMILES string of the molecule is Cc1ccc(S(C)(=O)=O)cc1Br. The number of benzene rings is 1. The third-order valence-electron chi connectivity index (χ3n) is 1.57. The average Bonchev–Trinajstić information content (AvgIpc) is 1.92. The van der Waals surface area contributed by atoms with Crippen LogP contribution in [0.4, 0.5) is 0 Å². The van der Waals surface area contributed by atoms with Crippen molar-refractivity contribution in [3.8, 4) is 0 Å². The molecule has 0 aliphatic carbocycles. The van der Waals surface area contributed by atoms with E-state index in [1.54, 1.807) is 18.2 Å². The van der Waals surface area contributed by atoms with Gasteiger partial charge in [-0.2, -0.15) is 0 Å². The third kappa shape index (κ3) is 2.08. The first kappa shape index (κ1) is 9.74. The molecular weight excluding hydrogens is 240 g/mol. The lowest BCUT2D eigenvalue weighted by atomic mass is 10.2. The molecule has 0 bridgehead atoms. The Hall–Kier alpha value is -0.350. The van der Waals surface area contributed by atoms with Gasteiger partial charge in [-0.1, -0.05) is 22.0 Å². The molecule has 1 aromatic carbocycles. The van der Waals surface area contributed by atoms with Gasteiger partial charge in [0.25, 0.3) is 0 Å². The van der Waals surface area contributed by atoms with Crippen molar-refractivity contribution in [2.75, 3.05) is 6.26 Å². The second-order valence-electron chi connectivity index (χ2n) is 2.68. The van der Waals surface area contributed by atoms with Crippen LogP contribution in [0.1, 0.15) is 5.56 Å². The van der Waals surface area contributed by atoms with Gasteiger partial charge < -0.3 is 0 Å². The Morgan fingerprint density at radius 3 is 2.33 bits per heavy atom. The molecule has 0 spiro atoms. The molecule has 0 N–H and O–H groups in total. The zero-order valence-corrected chi connectivity index (χ0v) is 9.24. The maximum atomic E-state index is 11.1. The monoisotopic (exact) mass is 248 g/mol. The zero-order chi connectivity index (χ0) is 9.35. The van der Waals surface area contributed by atoms with Crippen molar-refractivity contribution in [3.63, 3.8) is 0 Å². The minimum absolute atomic E-state index is 0.347. The first-order chi connectivity index (χ1) is 5.41. The molecule has 2 nitrogen and oxygen atoms in total. The van der Waals surface area contributed by atoms with Crippen LogP contribution in [-0.2, 0) is 9.84 Å². The number of rotatable bonds is 1. The van der Waals surface area contributed by atoms with E-state index in [0.29, 0.717) is 4.90 Å². The highest BCUT2D eigenvalue weighted by Crippen LogP contribution is 2.20. The normalized spacial score (nSPS) is 11.6. The second-order valence-corrected chi connectivity index (χ2v) is 5.55. The van der Waals surface area contributed by atoms with E-state index in [1.165, 1.54) is 6.26 Å². The number of sulfone groups is 1. The number of aryl methyl sites for hydroxylation is 1. The third-order valence-corrected chi connectivity index (χ3v) is 3.54. The summed E-state index contributed by atoms with van der Waals surface area (Å²) in [5, 5.41) is 0. The molecule has 0 aliphatic heterocycles. The van der Waals surface area contributed by atoms with E-state index in [4.69, 9.17) is 0 Å². The number of hydrogen-bond acceptors (Lipinski definition) is 2. The summed E-state index contributed by atoms with van der Waals surface area (Å²) in [6.45, 7) is 1.91. The van der Waals surface area contributed by atoms with Crippen LogP contribution in [0.15, 0.2) is 27.6 Å². The second kappa shape index (κ2) is 3.18. The van der Waals surface area contributed by atoms with Gasteiger partial charge in [-0.05, 0) is 24.6 Å². The average molecular weight is 249 g/mol. The van der Waals surface area contributed by atoms with Crippen LogP contribution in [0.5, 0.6) is 0 Å². The zero-order valence-electron chi connectivity index (χ0n) is 6.83. The highest BCUT2D eigenvalue weighted by Gasteiger charge is 2.07. The molecule has 0 unspecified atom stereocenters. The quantitative estimate of drug-likeness (QED) is 0.764. The van der Waals surface area contributed by atoms with Gasteiger partial charge in [-0.25, -0.2) is 8.42 Å². The van der Waals surface area contributed by atoms with Crippen molar-refractivity contribution < 1.29 is 8.42 Å². The maximum Gasteiger partial charge on any atom is 0.175 e. The molecule has 12 heavy (non-hydrogen) atoms. The van der Waals surface area contributed by atoms with Crippen LogP contribution >= 0.6 is 15.9 Å². The Balaban J connectivity index is 3.33. The van der Waals surface area contributed by atoms with Crippen LogP contribution in [0.3, 0.4) is 0 Å². The highest BCUT2D eigenvalue weighted by atomic mass is 79.9. The summed E-state index contributed by atoms with van der Waals surface area (Å²) in [6.07, 6.45) is 1.20. The smallest absolute Gasteiger partial charge is 0.175 e. The van der Waals surface area contributed by atoms with Gasteiger partial charge in [0.2, 0.25) is 0 Å². The lowest BCUT2D eigenvalue weighted by molar-refractivity contribution is 0.602. The molecule has 0 aromatic heterocycles. The Kier molecular flexibility index (Phi) is 2.58. The molecule has 1 rings (SSSR count). The summed E-state index contributed by atoms with van der Waals surface area (Å²) in [5.74, 6) is 0. The lowest BCUT2D eigenvalue weighted by Crippen LogP contribution is -1.96. The van der Waals surface area contributed by atoms with E-state index in [9.17, 15) is 8.42 Å². The molecule has 1 aromatic rings. The van der Waals surface area contributed by atoms with Crippen molar-refractivity contribution in [3.05, 3.63) is 28.2 Å². The van der Waals surface area contributed by atoms with Gasteiger partial charge in [0.05, 0.1) is 4.90 Å². The minimum Gasteiger partial charge on any atom is -0.224 e. The fourth-order valence-electron chi connectivity index (χ4n) is 0.804. The van der Waals surface area contributed by atoms with E-state index in [-0.39, 0.29) is 0 Å². The van der Waals surface area contributed by atoms with Crippen molar-refractivity contribution in [1.82, 2.24) is 0 Å². The molecule has 0 fully saturated rings. The molecule has 0 saturated heterocycles. The molecule has 0 atom stereocenters. The van der Waals surface area contributed by atoms with Crippen molar-refractivity contribution in [2.24, 2.45) is 0 Å². The maximum absolute atomic E-state index is 11.1. The van der Waals surface area contributed by atoms with Crippen molar-refractivity contribution in [1.29, 1.82) is 0 Å². The van der Waals surface area contributed by atoms with Crippen LogP contribution in [-0.4, -0.2) is 14.7 Å². The summed E-state index contributed by atoms with van der Waals surface area (Å²) in [7, 11) is -3.07. The molecular formula is C8H9BrO2S. The first-order valence-corrected chi connectivity index (χ1v) is 6.06. The Labute approximate surface area is 80.7 Å². The highest BCUT2D eigenvalue weighted by molar-refractivity contribution is 9.10. The summed E-state index contributed by atoms with van der Waals surface area (Å²) in [4.78, 5) is 0.347. The van der Waals surface area contributed by atoms with Gasteiger partial charge in [0.15, 0.2) is 9.84 Å². The van der Waals surface area contributed by atoms with Gasteiger partial charge in [-0.3, -0.25) is 0 Å². The van der Waals surface area contributed by atoms with Gasteiger partial charge >= 0.3 is 0 Å². The van der Waals surface area contributed by atoms with E-state index in [1.807, 2.05) is 6.92 Å². The first-order valence-electron chi connectivity index (χ1n) is 3.37. The predicted molar refractivity (Wildman–Crippen MR) is 52.0 cm³/mol. The topological polar surface area (TPSA) is 34.1 Å². The van der Waals surface area contributed by atoms with E-state index < -0.39 is 9.84 Å². The predicted octanol–water partition coefficient (Wildman–Crippen LogP) is 2.16. The van der Waals surface area contributed by atoms with E-state index >= 15 is 0 Å². The van der Waals surface area contributed by atoms with E-state index in [0.717, 1.165) is 10.0 Å². The van der Waals surface area contributed by atoms with Gasteiger partial charge in [0.1, 0.15) is 0 Å². The van der Waals surface area contributed by atoms with Crippen LogP contribution in [0.2, 0.25) is 0 Å². The minimum atomic E-state index is -3.07. The molecule has 0 aliphatic rings. The Morgan fingerprint density at radius 2 is 1.92 bits per heavy atom. The number of hydrogen-bond donors (Lipinski definition) is 0. The van der Waals surface area contributed by atoms with Crippen LogP contribution < -0.4 is 0 Å². The van der Waals surface area contributed by atoms with Crippen LogP contribution in [0.25, 0.3) is 0 Å². The summed E-state index contributed by atoms with van der Waals surface area (Å²) in [5.41, 5.74) is 1.03. The summed E-state index contributed by atoms with van der Waals surface area (Å²) < 4.78 is 23.0. The van der Waals surface area contributed by atoms with E-state index in [2.05, 4.69) is 15.9 Å². The van der Waals surface area contributed by atoms with Crippen molar-refractivity contribution >= 4 is 25.8 Å². The number of halogens is 1. The fourth-order valence-corrected chi connectivity index (χ4v) is 1.98. The summed E-state index contributed by atoms with van der Waals surface area (Å²) >= 11 is 3.27. The van der Waals surface area contributed by atoms with Gasteiger partial charge in [-0.15, -0.1) is 0 Å². The molecule has 4 heteroatoms. The molecule has 0 radical (unpaired) electrons. The van der Waals surface area contributed by atoms with Gasteiger partial charge in [0, 0.05) is 10.7 Å². The van der Waals surface area contributed by atoms with Crippen LogP contribution in [0, 0.1) is 6.92 Å². The molecule has 0 heterocycles. The van der Waals surface area contributed by atoms with Crippen molar-refractivity contribution in [2.45, 2.75) is 11.8 Å². The Bertz CT molecular complexity index is 396. The largest absolute Gasteiger partial charge is 0.224 e. The molecule has 66 valence electrons. The summed E-state index contributed by atoms with van der Waals surface area (Å²) in [6, 6.07) is 5.00. The molecule has 0 amide bonds. The standard InChI is InChI=1S/C8H9BrO2S/c1-6-3-4-7(5-8(6)9)12(2,10)11/h3-5H,1-2H3.